The first-order chi connectivity index (χ1) is 8.16. The van der Waals surface area contributed by atoms with Gasteiger partial charge in [-0.15, -0.1) is 0 Å². The minimum absolute atomic E-state index is 0.179. The van der Waals surface area contributed by atoms with Crippen molar-refractivity contribution < 1.29 is 4.92 Å². The molecule has 5 nitrogen and oxygen atoms in total. The summed E-state index contributed by atoms with van der Waals surface area (Å²) in [5.74, 6) is 0. The summed E-state index contributed by atoms with van der Waals surface area (Å²) in [6.45, 7) is 3.73. The van der Waals surface area contributed by atoms with Crippen LogP contribution in [0, 0.1) is 17.0 Å². The highest BCUT2D eigenvalue weighted by Gasteiger charge is 2.15. The maximum Gasteiger partial charge on any atom is 0.274 e. The molecule has 1 saturated heterocycles. The summed E-state index contributed by atoms with van der Waals surface area (Å²) in [4.78, 5) is 10.5. The monoisotopic (exact) mass is 235 g/mol. The van der Waals surface area contributed by atoms with E-state index >= 15 is 0 Å². The zero-order valence-electron chi connectivity index (χ0n) is 9.90. The Morgan fingerprint density at radius 3 is 3.00 bits per heavy atom. The summed E-state index contributed by atoms with van der Waals surface area (Å²) in [6, 6.07) is 5.67. The smallest absolute Gasteiger partial charge is 0.274 e. The molecule has 17 heavy (non-hydrogen) atoms. The molecular weight excluding hydrogens is 218 g/mol. The quantitative estimate of drug-likeness (QED) is 0.621. The van der Waals surface area contributed by atoms with Crippen LogP contribution in [-0.2, 0) is 0 Å². The van der Waals surface area contributed by atoms with Crippen molar-refractivity contribution in [2.45, 2.75) is 25.8 Å². The van der Waals surface area contributed by atoms with Gasteiger partial charge in [0.2, 0.25) is 0 Å². The Balaban J connectivity index is 2.10. The van der Waals surface area contributed by atoms with Crippen LogP contribution in [0.4, 0.5) is 11.4 Å². The van der Waals surface area contributed by atoms with E-state index in [-0.39, 0.29) is 10.6 Å². The third-order valence-corrected chi connectivity index (χ3v) is 3.07. The van der Waals surface area contributed by atoms with Gasteiger partial charge in [0.05, 0.1) is 4.92 Å². The van der Waals surface area contributed by atoms with Crippen molar-refractivity contribution >= 4 is 11.4 Å². The molecule has 0 amide bonds. The van der Waals surface area contributed by atoms with E-state index in [1.54, 1.807) is 19.1 Å². The zero-order valence-corrected chi connectivity index (χ0v) is 9.90. The molecule has 0 radical (unpaired) electrons. The van der Waals surface area contributed by atoms with Gasteiger partial charge in [-0.3, -0.25) is 10.1 Å². The summed E-state index contributed by atoms with van der Waals surface area (Å²) < 4.78 is 0. The van der Waals surface area contributed by atoms with Crippen LogP contribution >= 0.6 is 0 Å². The Morgan fingerprint density at radius 2 is 2.35 bits per heavy atom. The Kier molecular flexibility index (Phi) is 3.58. The van der Waals surface area contributed by atoms with E-state index in [1.807, 2.05) is 6.07 Å². The highest BCUT2D eigenvalue weighted by molar-refractivity contribution is 5.55. The number of rotatable bonds is 3. The van der Waals surface area contributed by atoms with Crippen LogP contribution in [0.25, 0.3) is 0 Å². The lowest BCUT2D eigenvalue weighted by Gasteiger charge is -2.24. The molecule has 0 saturated carbocycles. The number of hydrogen-bond donors (Lipinski definition) is 2. The fourth-order valence-electron chi connectivity index (χ4n) is 2.11. The number of aryl methyl sites for hydroxylation is 1. The molecule has 1 aliphatic rings. The second-order valence-electron chi connectivity index (χ2n) is 4.45. The summed E-state index contributed by atoms with van der Waals surface area (Å²) in [5, 5.41) is 17.5. The van der Waals surface area contributed by atoms with Crippen LogP contribution in [-0.4, -0.2) is 24.1 Å². The molecule has 1 heterocycles. The Morgan fingerprint density at radius 1 is 1.53 bits per heavy atom. The molecule has 0 bridgehead atoms. The minimum atomic E-state index is -0.334. The fourth-order valence-corrected chi connectivity index (χ4v) is 2.11. The van der Waals surface area contributed by atoms with E-state index < -0.39 is 0 Å². The number of benzene rings is 1. The molecule has 1 aromatic rings. The molecule has 0 aliphatic carbocycles. The maximum absolute atomic E-state index is 10.8. The second-order valence-corrected chi connectivity index (χ2v) is 4.45. The SMILES string of the molecule is Cc1ccc(NC2CCCNC2)cc1[N+](=O)[O-]. The number of piperidine rings is 1. The average Bonchev–Trinajstić information content (AvgIpc) is 2.32. The van der Waals surface area contributed by atoms with Crippen LogP contribution in [0.3, 0.4) is 0 Å². The average molecular weight is 235 g/mol. The van der Waals surface area contributed by atoms with Crippen molar-refractivity contribution in [3.05, 3.63) is 33.9 Å². The van der Waals surface area contributed by atoms with Crippen molar-refractivity contribution in [1.82, 2.24) is 5.32 Å². The number of anilines is 1. The van der Waals surface area contributed by atoms with Crippen LogP contribution in [0.5, 0.6) is 0 Å². The zero-order chi connectivity index (χ0) is 12.3. The molecule has 1 aliphatic heterocycles. The highest BCUT2D eigenvalue weighted by Crippen LogP contribution is 2.23. The van der Waals surface area contributed by atoms with E-state index in [1.165, 1.54) is 0 Å². The summed E-state index contributed by atoms with van der Waals surface area (Å²) in [6.07, 6.45) is 2.25. The van der Waals surface area contributed by atoms with Crippen LogP contribution < -0.4 is 10.6 Å². The molecule has 0 spiro atoms. The molecule has 92 valence electrons. The van der Waals surface area contributed by atoms with Gasteiger partial charge in [-0.2, -0.15) is 0 Å². The molecule has 2 rings (SSSR count). The van der Waals surface area contributed by atoms with E-state index in [0.29, 0.717) is 11.6 Å². The van der Waals surface area contributed by atoms with Gasteiger partial charge in [0.25, 0.3) is 5.69 Å². The van der Waals surface area contributed by atoms with Gasteiger partial charge in [0.15, 0.2) is 0 Å². The van der Waals surface area contributed by atoms with Crippen LogP contribution in [0.2, 0.25) is 0 Å². The molecule has 0 aromatic heterocycles. The van der Waals surface area contributed by atoms with Gasteiger partial charge in [-0.25, -0.2) is 0 Å². The lowest BCUT2D eigenvalue weighted by Crippen LogP contribution is -2.38. The standard InChI is InChI=1S/C12H17N3O2/c1-9-4-5-10(7-12(9)15(16)17)14-11-3-2-6-13-8-11/h4-5,7,11,13-14H,2-3,6,8H2,1H3. The van der Waals surface area contributed by atoms with E-state index in [9.17, 15) is 10.1 Å². The van der Waals surface area contributed by atoms with Gasteiger partial charge in [0.1, 0.15) is 0 Å². The van der Waals surface area contributed by atoms with E-state index in [2.05, 4.69) is 10.6 Å². The first-order valence-electron chi connectivity index (χ1n) is 5.89. The van der Waals surface area contributed by atoms with Crippen molar-refractivity contribution in [2.75, 3.05) is 18.4 Å². The summed E-state index contributed by atoms with van der Waals surface area (Å²) in [7, 11) is 0. The fraction of sp³-hybridized carbons (Fsp3) is 0.500. The Labute approximate surface area is 100 Å². The van der Waals surface area contributed by atoms with Gasteiger partial charge in [-0.05, 0) is 32.4 Å². The predicted octanol–water partition coefficient (Wildman–Crippen LogP) is 2.07. The minimum Gasteiger partial charge on any atom is -0.381 e. The predicted molar refractivity (Wildman–Crippen MR) is 67.3 cm³/mol. The Hall–Kier alpha value is -1.62. The number of nitro benzene ring substituents is 1. The van der Waals surface area contributed by atoms with Crippen LogP contribution in [0.1, 0.15) is 18.4 Å². The van der Waals surface area contributed by atoms with Gasteiger partial charge >= 0.3 is 0 Å². The van der Waals surface area contributed by atoms with Crippen molar-refractivity contribution in [3.8, 4) is 0 Å². The first-order valence-corrected chi connectivity index (χ1v) is 5.89. The van der Waals surface area contributed by atoms with E-state index in [0.717, 1.165) is 31.6 Å². The first kappa shape index (κ1) is 11.9. The normalized spacial score (nSPS) is 19.9. The number of hydrogen-bond acceptors (Lipinski definition) is 4. The molecule has 1 aromatic carbocycles. The van der Waals surface area contributed by atoms with Crippen molar-refractivity contribution in [1.29, 1.82) is 0 Å². The summed E-state index contributed by atoms with van der Waals surface area (Å²) in [5.41, 5.74) is 1.71. The number of nitrogens with one attached hydrogen (secondary N) is 2. The third-order valence-electron chi connectivity index (χ3n) is 3.07. The molecule has 1 fully saturated rings. The number of nitro groups is 1. The Bertz CT molecular complexity index is 414. The molecule has 2 N–H and O–H groups in total. The van der Waals surface area contributed by atoms with Gasteiger partial charge in [-0.1, -0.05) is 6.07 Å². The lowest BCUT2D eigenvalue weighted by molar-refractivity contribution is -0.385. The lowest BCUT2D eigenvalue weighted by atomic mass is 10.1. The second kappa shape index (κ2) is 5.14. The van der Waals surface area contributed by atoms with Gasteiger partial charge in [0, 0.05) is 29.9 Å². The molecule has 5 heteroatoms. The molecule has 1 atom stereocenters. The number of nitrogens with zero attached hydrogens (tertiary/aromatic N) is 1. The van der Waals surface area contributed by atoms with E-state index in [4.69, 9.17) is 0 Å². The van der Waals surface area contributed by atoms with Crippen LogP contribution in [0.15, 0.2) is 18.2 Å². The molecule has 1 unspecified atom stereocenters. The molecular formula is C12H17N3O2. The third kappa shape index (κ3) is 2.94. The van der Waals surface area contributed by atoms with Crippen molar-refractivity contribution in [2.24, 2.45) is 0 Å². The largest absolute Gasteiger partial charge is 0.381 e. The maximum atomic E-state index is 10.8. The topological polar surface area (TPSA) is 67.2 Å². The summed E-state index contributed by atoms with van der Waals surface area (Å²) >= 11 is 0. The van der Waals surface area contributed by atoms with Gasteiger partial charge < -0.3 is 10.6 Å². The highest BCUT2D eigenvalue weighted by atomic mass is 16.6. The van der Waals surface area contributed by atoms with Crippen molar-refractivity contribution in [3.63, 3.8) is 0 Å².